The van der Waals surface area contributed by atoms with Gasteiger partial charge in [0.05, 0.1) is 24.7 Å². The minimum absolute atomic E-state index is 0.161. The van der Waals surface area contributed by atoms with Gasteiger partial charge in [-0.3, -0.25) is 9.78 Å². The number of pyridine rings is 1. The summed E-state index contributed by atoms with van der Waals surface area (Å²) in [5.74, 6) is 0.648. The second-order valence-electron chi connectivity index (χ2n) is 4.40. The van der Waals surface area contributed by atoms with E-state index in [-0.39, 0.29) is 11.2 Å². The van der Waals surface area contributed by atoms with Gasteiger partial charge >= 0.3 is 5.97 Å². The number of hydrogen-bond acceptors (Lipinski definition) is 4. The molecule has 0 aliphatic heterocycles. The van der Waals surface area contributed by atoms with Crippen LogP contribution >= 0.6 is 11.8 Å². The Hall–Kier alpha value is -1.55. The van der Waals surface area contributed by atoms with E-state index in [1.807, 2.05) is 31.2 Å². The molecule has 4 heteroatoms. The van der Waals surface area contributed by atoms with Crippen LogP contribution in [0.4, 0.5) is 0 Å². The quantitative estimate of drug-likeness (QED) is 0.784. The number of hydrogen-bond donors (Lipinski definition) is 0. The molecule has 0 spiro atoms. The van der Waals surface area contributed by atoms with E-state index in [0.717, 1.165) is 22.3 Å². The Morgan fingerprint density at radius 1 is 1.32 bits per heavy atom. The lowest BCUT2D eigenvalue weighted by atomic mass is 10.2. The van der Waals surface area contributed by atoms with Crippen LogP contribution in [0.2, 0.25) is 0 Å². The smallest absolute Gasteiger partial charge is 0.306 e. The predicted molar refractivity (Wildman–Crippen MR) is 79.1 cm³/mol. The minimum Gasteiger partial charge on any atom is -0.469 e. The number of aromatic nitrogens is 1. The molecule has 1 heterocycles. The Bertz CT molecular complexity index is 571. The largest absolute Gasteiger partial charge is 0.469 e. The van der Waals surface area contributed by atoms with Crippen molar-refractivity contribution in [2.24, 2.45) is 0 Å². The van der Waals surface area contributed by atoms with Gasteiger partial charge in [-0.1, -0.05) is 31.2 Å². The van der Waals surface area contributed by atoms with Crippen LogP contribution in [0.15, 0.2) is 36.4 Å². The molecule has 0 aliphatic rings. The summed E-state index contributed by atoms with van der Waals surface area (Å²) in [6, 6.07) is 12.2. The van der Waals surface area contributed by atoms with E-state index in [9.17, 15) is 4.79 Å². The van der Waals surface area contributed by atoms with Crippen LogP contribution in [0.25, 0.3) is 10.9 Å². The summed E-state index contributed by atoms with van der Waals surface area (Å²) in [6.07, 6.45) is 0.439. The van der Waals surface area contributed by atoms with Gasteiger partial charge in [-0.05, 0) is 12.1 Å². The highest BCUT2D eigenvalue weighted by molar-refractivity contribution is 7.99. The summed E-state index contributed by atoms with van der Waals surface area (Å²) in [5.41, 5.74) is 2.06. The highest BCUT2D eigenvalue weighted by Gasteiger charge is 2.10. The van der Waals surface area contributed by atoms with Gasteiger partial charge in [-0.2, -0.15) is 11.8 Å². The van der Waals surface area contributed by atoms with E-state index in [1.54, 1.807) is 11.8 Å². The number of carbonyl (C=O) groups is 1. The maximum Gasteiger partial charge on any atom is 0.306 e. The van der Waals surface area contributed by atoms with Crippen LogP contribution in [-0.2, 0) is 15.3 Å². The molecular formula is C15H17NO2S. The van der Waals surface area contributed by atoms with Crippen LogP contribution in [0, 0.1) is 0 Å². The van der Waals surface area contributed by atoms with Gasteiger partial charge in [-0.25, -0.2) is 0 Å². The van der Waals surface area contributed by atoms with Crippen molar-refractivity contribution in [2.45, 2.75) is 24.3 Å². The topological polar surface area (TPSA) is 39.2 Å². The molecule has 0 saturated carbocycles. The number of thioether (sulfide) groups is 1. The SMILES string of the molecule is COC(=O)CC(C)SCc1ccc2ccccc2n1. The minimum atomic E-state index is -0.161. The monoisotopic (exact) mass is 275 g/mol. The van der Waals surface area contributed by atoms with Crippen molar-refractivity contribution in [3.63, 3.8) is 0 Å². The molecule has 2 rings (SSSR count). The first-order chi connectivity index (χ1) is 9.19. The molecule has 1 aromatic heterocycles. The molecule has 1 unspecified atom stereocenters. The third kappa shape index (κ3) is 3.96. The zero-order chi connectivity index (χ0) is 13.7. The summed E-state index contributed by atoms with van der Waals surface area (Å²) in [6.45, 7) is 2.03. The Labute approximate surface area is 117 Å². The van der Waals surface area contributed by atoms with Crippen molar-refractivity contribution in [3.05, 3.63) is 42.1 Å². The maximum absolute atomic E-state index is 11.2. The molecule has 1 aromatic carbocycles. The van der Waals surface area contributed by atoms with Crippen LogP contribution in [0.3, 0.4) is 0 Å². The van der Waals surface area contributed by atoms with Gasteiger partial charge in [0.1, 0.15) is 0 Å². The average molecular weight is 275 g/mol. The zero-order valence-corrected chi connectivity index (χ0v) is 11.9. The van der Waals surface area contributed by atoms with Gasteiger partial charge in [0, 0.05) is 16.4 Å². The van der Waals surface area contributed by atoms with Crippen LogP contribution < -0.4 is 0 Å². The summed E-state index contributed by atoms with van der Waals surface area (Å²) in [5, 5.41) is 1.39. The van der Waals surface area contributed by atoms with E-state index < -0.39 is 0 Å². The first-order valence-electron chi connectivity index (χ1n) is 6.22. The Morgan fingerprint density at radius 2 is 2.11 bits per heavy atom. The number of benzene rings is 1. The van der Waals surface area contributed by atoms with Crippen molar-refractivity contribution in [1.82, 2.24) is 4.98 Å². The number of esters is 1. The lowest BCUT2D eigenvalue weighted by Gasteiger charge is -2.09. The molecule has 0 fully saturated rings. The van der Waals surface area contributed by atoms with E-state index >= 15 is 0 Å². The first kappa shape index (κ1) is 13.9. The van der Waals surface area contributed by atoms with E-state index in [1.165, 1.54) is 7.11 Å². The molecule has 0 amide bonds. The third-order valence-electron chi connectivity index (χ3n) is 2.85. The van der Waals surface area contributed by atoms with Gasteiger partial charge in [0.25, 0.3) is 0 Å². The van der Waals surface area contributed by atoms with Crippen LogP contribution in [-0.4, -0.2) is 23.3 Å². The molecule has 100 valence electrons. The Kier molecular flexibility index (Phi) is 4.80. The fourth-order valence-corrected chi connectivity index (χ4v) is 2.66. The molecule has 3 nitrogen and oxygen atoms in total. The molecule has 0 N–H and O–H groups in total. The fourth-order valence-electron chi connectivity index (χ4n) is 1.79. The molecule has 0 saturated heterocycles. The van der Waals surface area contributed by atoms with Crippen molar-refractivity contribution < 1.29 is 9.53 Å². The number of ether oxygens (including phenoxy) is 1. The third-order valence-corrected chi connectivity index (χ3v) is 4.05. The molecule has 0 aliphatic carbocycles. The first-order valence-corrected chi connectivity index (χ1v) is 7.27. The molecule has 19 heavy (non-hydrogen) atoms. The number of fused-ring (bicyclic) bond motifs is 1. The second kappa shape index (κ2) is 6.57. The second-order valence-corrected chi connectivity index (χ2v) is 5.82. The lowest BCUT2D eigenvalue weighted by Crippen LogP contribution is -2.08. The zero-order valence-electron chi connectivity index (χ0n) is 11.1. The van der Waals surface area contributed by atoms with E-state index in [2.05, 4.69) is 21.9 Å². The Balaban J connectivity index is 1.96. The standard InChI is InChI=1S/C15H17NO2S/c1-11(9-15(17)18-2)19-10-13-8-7-12-5-3-4-6-14(12)16-13/h3-8,11H,9-10H2,1-2H3. The van der Waals surface area contributed by atoms with Gasteiger partial charge in [0.2, 0.25) is 0 Å². The lowest BCUT2D eigenvalue weighted by molar-refractivity contribution is -0.140. The van der Waals surface area contributed by atoms with E-state index in [0.29, 0.717) is 6.42 Å². The van der Waals surface area contributed by atoms with Gasteiger partial charge in [-0.15, -0.1) is 0 Å². The number of rotatable bonds is 5. The molecule has 1 atom stereocenters. The summed E-state index contributed by atoms with van der Waals surface area (Å²) in [4.78, 5) is 15.8. The highest BCUT2D eigenvalue weighted by atomic mass is 32.2. The van der Waals surface area contributed by atoms with Gasteiger partial charge < -0.3 is 4.74 Å². The summed E-state index contributed by atoms with van der Waals surface area (Å²) in [7, 11) is 1.42. The summed E-state index contributed by atoms with van der Waals surface area (Å²) >= 11 is 1.72. The van der Waals surface area contributed by atoms with Crippen LogP contribution in [0.1, 0.15) is 19.0 Å². The van der Waals surface area contributed by atoms with Gasteiger partial charge in [0.15, 0.2) is 0 Å². The predicted octanol–water partition coefficient (Wildman–Crippen LogP) is 3.42. The maximum atomic E-state index is 11.2. The van der Waals surface area contributed by atoms with Crippen molar-refractivity contribution in [3.8, 4) is 0 Å². The molecule has 0 bridgehead atoms. The molecule has 0 radical (unpaired) electrons. The average Bonchev–Trinajstić information content (AvgIpc) is 2.44. The number of para-hydroxylation sites is 1. The number of nitrogens with zero attached hydrogens (tertiary/aromatic N) is 1. The fraction of sp³-hybridized carbons (Fsp3) is 0.333. The van der Waals surface area contributed by atoms with Crippen molar-refractivity contribution in [1.29, 1.82) is 0 Å². The Morgan fingerprint density at radius 3 is 2.89 bits per heavy atom. The van der Waals surface area contributed by atoms with Crippen LogP contribution in [0.5, 0.6) is 0 Å². The van der Waals surface area contributed by atoms with Crippen molar-refractivity contribution >= 4 is 28.6 Å². The van der Waals surface area contributed by atoms with E-state index in [4.69, 9.17) is 0 Å². The molecule has 2 aromatic rings. The number of methoxy groups -OCH3 is 1. The normalized spacial score (nSPS) is 12.3. The number of carbonyl (C=O) groups excluding carboxylic acids is 1. The summed E-state index contributed by atoms with van der Waals surface area (Å²) < 4.78 is 4.66. The highest BCUT2D eigenvalue weighted by Crippen LogP contribution is 2.21. The molecular weight excluding hydrogens is 258 g/mol. The van der Waals surface area contributed by atoms with Crippen molar-refractivity contribution in [2.75, 3.05) is 7.11 Å².